The summed E-state index contributed by atoms with van der Waals surface area (Å²) in [5.41, 5.74) is 0. The van der Waals surface area contributed by atoms with Crippen molar-refractivity contribution < 1.29 is 5.11 Å². The van der Waals surface area contributed by atoms with Crippen molar-refractivity contribution in [2.75, 3.05) is 7.05 Å². The molecule has 0 radical (unpaired) electrons. The van der Waals surface area contributed by atoms with E-state index in [-0.39, 0.29) is 6.10 Å². The molecule has 0 aliphatic carbocycles. The van der Waals surface area contributed by atoms with Crippen LogP contribution >= 0.6 is 0 Å². The molecule has 56 valence electrons. The van der Waals surface area contributed by atoms with Crippen molar-refractivity contribution in [1.82, 2.24) is 4.90 Å². The first kappa shape index (κ1) is 6.38. The molecule has 1 N–H and O–H groups in total. The third-order valence-corrected chi connectivity index (χ3v) is 2.63. The molecule has 2 heteroatoms. The molecule has 0 amide bonds. The van der Waals surface area contributed by atoms with Gasteiger partial charge in [-0.05, 0) is 19.9 Å². The first-order valence-corrected chi connectivity index (χ1v) is 3.85. The molecule has 1 fully saturated rings. The molecule has 2 nitrogen and oxygen atoms in total. The Balaban J connectivity index is 2.15. The van der Waals surface area contributed by atoms with Crippen molar-refractivity contribution in [3.05, 3.63) is 12.2 Å². The minimum absolute atomic E-state index is 0.0683. The van der Waals surface area contributed by atoms with E-state index in [2.05, 4.69) is 24.1 Å². The number of piperidine rings is 1. The van der Waals surface area contributed by atoms with Crippen LogP contribution in [0.3, 0.4) is 0 Å². The fraction of sp³-hybridized carbons (Fsp3) is 0.750. The summed E-state index contributed by atoms with van der Waals surface area (Å²) in [5, 5.41) is 9.34. The molecule has 1 saturated heterocycles. The number of hydrogen-bond acceptors (Lipinski definition) is 2. The van der Waals surface area contributed by atoms with Gasteiger partial charge in [-0.3, -0.25) is 4.90 Å². The molecule has 3 atom stereocenters. The van der Waals surface area contributed by atoms with E-state index in [1.165, 1.54) is 0 Å². The average Bonchev–Trinajstić information content (AvgIpc) is 2.20. The minimum Gasteiger partial charge on any atom is -0.393 e. The topological polar surface area (TPSA) is 23.5 Å². The largest absolute Gasteiger partial charge is 0.393 e. The van der Waals surface area contributed by atoms with Crippen molar-refractivity contribution in [2.24, 2.45) is 0 Å². The molecule has 0 saturated carbocycles. The van der Waals surface area contributed by atoms with Crippen LogP contribution in [0.1, 0.15) is 12.8 Å². The lowest BCUT2D eigenvalue weighted by molar-refractivity contribution is 0.0586. The third-order valence-electron chi connectivity index (χ3n) is 2.63. The Labute approximate surface area is 61.1 Å². The average molecular weight is 139 g/mol. The molecule has 0 aromatic rings. The van der Waals surface area contributed by atoms with Gasteiger partial charge in [0.15, 0.2) is 0 Å². The van der Waals surface area contributed by atoms with Gasteiger partial charge in [0.2, 0.25) is 0 Å². The molecule has 2 bridgehead atoms. The summed E-state index contributed by atoms with van der Waals surface area (Å²) >= 11 is 0. The van der Waals surface area contributed by atoms with Crippen LogP contribution < -0.4 is 0 Å². The maximum Gasteiger partial charge on any atom is 0.0576 e. The fourth-order valence-electron chi connectivity index (χ4n) is 1.92. The Morgan fingerprint density at radius 2 is 1.80 bits per heavy atom. The number of aliphatic hydroxyl groups is 1. The van der Waals surface area contributed by atoms with Crippen molar-refractivity contribution in [3.63, 3.8) is 0 Å². The highest BCUT2D eigenvalue weighted by Crippen LogP contribution is 2.28. The summed E-state index contributed by atoms with van der Waals surface area (Å²) < 4.78 is 0. The van der Waals surface area contributed by atoms with Gasteiger partial charge < -0.3 is 5.11 Å². The van der Waals surface area contributed by atoms with Crippen molar-refractivity contribution in [3.8, 4) is 0 Å². The maximum absolute atomic E-state index is 9.34. The molecule has 2 rings (SSSR count). The lowest BCUT2D eigenvalue weighted by Gasteiger charge is -2.34. The summed E-state index contributed by atoms with van der Waals surface area (Å²) in [6.07, 6.45) is 6.19. The minimum atomic E-state index is -0.0683. The molecule has 0 aromatic carbocycles. The molecule has 0 unspecified atom stereocenters. The van der Waals surface area contributed by atoms with E-state index >= 15 is 0 Å². The van der Waals surface area contributed by atoms with E-state index in [0.717, 1.165) is 12.8 Å². The molecular formula is C8H13NO. The second kappa shape index (κ2) is 2.07. The molecule has 2 aliphatic rings. The second-order valence-corrected chi connectivity index (χ2v) is 3.31. The number of likely N-dealkylation sites (N-methyl/N-ethyl adjacent to an activating group) is 1. The van der Waals surface area contributed by atoms with E-state index in [9.17, 15) is 5.11 Å². The van der Waals surface area contributed by atoms with E-state index in [4.69, 9.17) is 0 Å². The van der Waals surface area contributed by atoms with Crippen LogP contribution in [0, 0.1) is 0 Å². The highest BCUT2D eigenvalue weighted by Gasteiger charge is 2.33. The Morgan fingerprint density at radius 3 is 2.30 bits per heavy atom. The highest BCUT2D eigenvalue weighted by atomic mass is 16.3. The summed E-state index contributed by atoms with van der Waals surface area (Å²) in [7, 11) is 2.13. The summed E-state index contributed by atoms with van der Waals surface area (Å²) in [5.74, 6) is 0. The van der Waals surface area contributed by atoms with Crippen molar-refractivity contribution in [2.45, 2.75) is 31.0 Å². The zero-order valence-electron chi connectivity index (χ0n) is 6.20. The Hall–Kier alpha value is -0.340. The molecule has 2 aliphatic heterocycles. The smallest absolute Gasteiger partial charge is 0.0576 e. The monoisotopic (exact) mass is 139 g/mol. The Morgan fingerprint density at radius 1 is 1.30 bits per heavy atom. The Bertz CT molecular complexity index is 151. The van der Waals surface area contributed by atoms with Gasteiger partial charge in [0.1, 0.15) is 0 Å². The van der Waals surface area contributed by atoms with Gasteiger partial charge in [-0.15, -0.1) is 0 Å². The standard InChI is InChI=1S/C8H13NO/c1-9-6-2-3-7(9)5-8(10)4-6/h2-3,6-8,10H,4-5H2,1H3/t6-,7+,8+. The van der Waals surface area contributed by atoms with Gasteiger partial charge >= 0.3 is 0 Å². The molecular weight excluding hydrogens is 126 g/mol. The van der Waals surface area contributed by atoms with Crippen LogP contribution in [-0.2, 0) is 0 Å². The highest BCUT2D eigenvalue weighted by molar-refractivity contribution is 5.13. The first-order valence-electron chi connectivity index (χ1n) is 3.85. The molecule has 10 heavy (non-hydrogen) atoms. The van der Waals surface area contributed by atoms with E-state index < -0.39 is 0 Å². The number of rotatable bonds is 0. The number of fused-ring (bicyclic) bond motifs is 2. The molecule has 2 heterocycles. The van der Waals surface area contributed by atoms with Gasteiger partial charge in [0.05, 0.1) is 6.10 Å². The van der Waals surface area contributed by atoms with Crippen LogP contribution in [0.25, 0.3) is 0 Å². The SMILES string of the molecule is CN1[C@@H]2C=C[C@H]1C[C@@H](O)C2. The summed E-state index contributed by atoms with van der Waals surface area (Å²) in [6.45, 7) is 0. The normalized spacial score (nSPS) is 46.4. The van der Waals surface area contributed by atoms with Crippen LogP contribution in [0.5, 0.6) is 0 Å². The number of hydrogen-bond donors (Lipinski definition) is 1. The zero-order chi connectivity index (χ0) is 7.14. The second-order valence-electron chi connectivity index (χ2n) is 3.31. The number of aliphatic hydroxyl groups excluding tert-OH is 1. The van der Waals surface area contributed by atoms with Crippen LogP contribution in [-0.4, -0.2) is 35.2 Å². The van der Waals surface area contributed by atoms with Crippen molar-refractivity contribution in [1.29, 1.82) is 0 Å². The fourth-order valence-corrected chi connectivity index (χ4v) is 1.92. The van der Waals surface area contributed by atoms with Gasteiger partial charge in [-0.2, -0.15) is 0 Å². The van der Waals surface area contributed by atoms with Crippen molar-refractivity contribution >= 4 is 0 Å². The summed E-state index contributed by atoms with van der Waals surface area (Å²) in [4.78, 5) is 2.33. The van der Waals surface area contributed by atoms with Gasteiger partial charge in [-0.25, -0.2) is 0 Å². The van der Waals surface area contributed by atoms with Gasteiger partial charge in [-0.1, -0.05) is 12.2 Å². The quantitative estimate of drug-likeness (QED) is 0.490. The first-order chi connectivity index (χ1) is 4.77. The zero-order valence-corrected chi connectivity index (χ0v) is 6.20. The van der Waals surface area contributed by atoms with Gasteiger partial charge in [0, 0.05) is 12.1 Å². The Kier molecular flexibility index (Phi) is 1.32. The van der Waals surface area contributed by atoms with E-state index in [1.54, 1.807) is 0 Å². The lowest BCUT2D eigenvalue weighted by Crippen LogP contribution is -2.42. The lowest BCUT2D eigenvalue weighted by atomic mass is 10.00. The van der Waals surface area contributed by atoms with Crippen LogP contribution in [0.15, 0.2) is 12.2 Å². The third kappa shape index (κ3) is 0.796. The summed E-state index contributed by atoms with van der Waals surface area (Å²) in [6, 6.07) is 1.02. The number of nitrogens with zero attached hydrogens (tertiary/aromatic N) is 1. The van der Waals surface area contributed by atoms with E-state index in [0.29, 0.717) is 12.1 Å². The van der Waals surface area contributed by atoms with Crippen LogP contribution in [0.2, 0.25) is 0 Å². The predicted octanol–water partition coefficient (Wildman–Crippen LogP) is 0.380. The van der Waals surface area contributed by atoms with E-state index in [1.807, 2.05) is 0 Å². The molecule has 0 aromatic heterocycles. The van der Waals surface area contributed by atoms with Gasteiger partial charge in [0.25, 0.3) is 0 Å². The maximum atomic E-state index is 9.34. The van der Waals surface area contributed by atoms with Crippen LogP contribution in [0.4, 0.5) is 0 Å². The molecule has 0 spiro atoms. The predicted molar refractivity (Wildman–Crippen MR) is 39.7 cm³/mol.